The first-order valence-corrected chi connectivity index (χ1v) is 8.13. The maximum atomic E-state index is 12.0. The second-order valence-electron chi connectivity index (χ2n) is 6.04. The van der Waals surface area contributed by atoms with Crippen molar-refractivity contribution < 1.29 is 70.9 Å². The molecule has 0 spiro atoms. The largest absolute Gasteiger partial charge is 1.00 e. The predicted octanol–water partition coefficient (Wildman–Crippen LogP) is -3.22. The summed E-state index contributed by atoms with van der Waals surface area (Å²) in [6, 6.07) is 9.23. The van der Waals surface area contributed by atoms with Gasteiger partial charge in [-0.3, -0.25) is 9.59 Å². The van der Waals surface area contributed by atoms with Crippen molar-refractivity contribution in [1.82, 2.24) is 10.2 Å². The number of hydrogen-bond donors (Lipinski definition) is 1. The Morgan fingerprint density at radius 2 is 2.00 bits per heavy atom. The van der Waals surface area contributed by atoms with Gasteiger partial charge < -0.3 is 20.1 Å². The average Bonchev–Trinajstić information content (AvgIpc) is 2.79. The maximum absolute atomic E-state index is 12.0. The topological polar surface area (TPSA) is 89.5 Å². The van der Waals surface area contributed by atoms with Crippen LogP contribution in [0.15, 0.2) is 30.3 Å². The third-order valence-electron chi connectivity index (χ3n) is 3.66. The van der Waals surface area contributed by atoms with Gasteiger partial charge in [-0.1, -0.05) is 30.3 Å². The molecule has 0 saturated carbocycles. The van der Waals surface area contributed by atoms with Gasteiger partial charge in [0, 0.05) is 17.8 Å². The van der Waals surface area contributed by atoms with Crippen molar-refractivity contribution in [3.8, 4) is 0 Å². The van der Waals surface area contributed by atoms with Gasteiger partial charge in [0.05, 0.1) is 6.42 Å². The van der Waals surface area contributed by atoms with Crippen LogP contribution in [0, 0.1) is 0 Å². The monoisotopic (exact) mass is 374 g/mol. The van der Waals surface area contributed by atoms with Crippen molar-refractivity contribution in [2.75, 3.05) is 6.54 Å². The van der Waals surface area contributed by atoms with Crippen molar-refractivity contribution in [3.63, 3.8) is 0 Å². The normalized spacial score (nSPS) is 22.9. The number of benzene rings is 1. The van der Waals surface area contributed by atoms with E-state index in [2.05, 4.69) is 19.2 Å². The molecule has 2 fully saturated rings. The molecule has 2 aliphatic rings. The third-order valence-corrected chi connectivity index (χ3v) is 5.19. The summed E-state index contributed by atoms with van der Waals surface area (Å²) in [6.07, 6.45) is 0.325. The van der Waals surface area contributed by atoms with Crippen LogP contribution in [0.1, 0.15) is 19.4 Å². The quantitative estimate of drug-likeness (QED) is 0.342. The fraction of sp³-hybridized carbons (Fsp3) is 0.438. The Balaban J connectivity index is 0.000000671. The van der Waals surface area contributed by atoms with Crippen molar-refractivity contribution in [3.05, 3.63) is 35.9 Å². The minimum Gasteiger partial charge on any atom is -0.554 e. The summed E-state index contributed by atoms with van der Waals surface area (Å²) in [5.41, 5.74) is 0.966. The number of carbonyl (C=O) groups is 3. The molecule has 1 aromatic carbocycles. The molecule has 2 saturated heterocycles. The van der Waals surface area contributed by atoms with E-state index < -0.39 is 6.47 Å². The molecule has 124 valence electrons. The standard InChI is InChI=1S/C15H18N2O2S.CH2O2.K/c1-15(2)9-17-13(19)12(14(17)20-15)16-11(18)8-10-6-4-3-5-7-10;2-1-3;/h3-7,12,14H,8-9H2,1-2H3,(H,16,18);1H,(H,2,3);/q;;+1/p-1. The molecular formula is C16H19KN2O4S. The number of β-lactam (4-membered cyclic amide) rings is 1. The number of nitrogens with zero attached hydrogens (tertiary/aromatic N) is 1. The number of thioether (sulfide) groups is 1. The summed E-state index contributed by atoms with van der Waals surface area (Å²) in [7, 11) is 0. The molecule has 0 aliphatic carbocycles. The van der Waals surface area contributed by atoms with Gasteiger partial charge in [0.15, 0.2) is 0 Å². The summed E-state index contributed by atoms with van der Waals surface area (Å²) in [6.45, 7) is 4.53. The summed E-state index contributed by atoms with van der Waals surface area (Å²) >= 11 is 1.77. The van der Waals surface area contributed by atoms with Crippen molar-refractivity contribution >= 4 is 30.0 Å². The Morgan fingerprint density at radius 1 is 1.42 bits per heavy atom. The smallest absolute Gasteiger partial charge is 0.554 e. The zero-order valence-electron chi connectivity index (χ0n) is 14.0. The Morgan fingerprint density at radius 3 is 2.58 bits per heavy atom. The summed E-state index contributed by atoms with van der Waals surface area (Å²) in [4.78, 5) is 34.1. The van der Waals surface area contributed by atoms with E-state index in [1.807, 2.05) is 35.2 Å². The molecule has 2 heterocycles. The Bertz CT molecular complexity index is 597. The Kier molecular flexibility index (Phi) is 8.44. The molecule has 1 aromatic rings. The number of carboxylic acid groups (broad SMARTS) is 1. The van der Waals surface area contributed by atoms with Crippen molar-refractivity contribution in [1.29, 1.82) is 0 Å². The molecular weight excluding hydrogens is 355 g/mol. The minimum atomic E-state index is -0.500. The second-order valence-corrected chi connectivity index (χ2v) is 7.86. The number of hydrogen-bond acceptors (Lipinski definition) is 5. The van der Waals surface area contributed by atoms with Crippen LogP contribution >= 0.6 is 11.8 Å². The van der Waals surface area contributed by atoms with E-state index in [0.717, 1.165) is 12.1 Å². The first kappa shape index (κ1) is 21.7. The molecule has 0 radical (unpaired) electrons. The van der Waals surface area contributed by atoms with Crippen LogP contribution in [0.4, 0.5) is 0 Å². The van der Waals surface area contributed by atoms with Crippen LogP contribution in [0.3, 0.4) is 0 Å². The zero-order chi connectivity index (χ0) is 17.0. The van der Waals surface area contributed by atoms with Gasteiger partial charge in [0.25, 0.3) is 0 Å². The van der Waals surface area contributed by atoms with Crippen LogP contribution in [-0.4, -0.2) is 45.9 Å². The van der Waals surface area contributed by atoms with E-state index in [0.29, 0.717) is 6.42 Å². The Labute approximate surface area is 188 Å². The first-order chi connectivity index (χ1) is 10.9. The molecule has 24 heavy (non-hydrogen) atoms. The summed E-state index contributed by atoms with van der Waals surface area (Å²) in [5, 5.41) is 11.2. The van der Waals surface area contributed by atoms with Gasteiger partial charge in [-0.25, -0.2) is 0 Å². The Hall–Kier alpha value is -0.384. The van der Waals surface area contributed by atoms with E-state index in [4.69, 9.17) is 9.90 Å². The van der Waals surface area contributed by atoms with E-state index in [9.17, 15) is 9.59 Å². The van der Waals surface area contributed by atoms with Gasteiger partial charge in [-0.2, -0.15) is 0 Å². The van der Waals surface area contributed by atoms with Crippen LogP contribution in [-0.2, 0) is 20.8 Å². The summed E-state index contributed by atoms with van der Waals surface area (Å²) < 4.78 is 0.0826. The van der Waals surface area contributed by atoms with E-state index in [1.54, 1.807) is 11.8 Å². The number of rotatable bonds is 3. The SMILES string of the molecule is CC1(C)CN2C(=O)C(NC(=O)Cc3ccccc3)C2S1.O=C[O-].[K+]. The van der Waals surface area contributed by atoms with Crippen molar-refractivity contribution in [2.24, 2.45) is 0 Å². The molecule has 2 unspecified atom stereocenters. The van der Waals surface area contributed by atoms with Crippen LogP contribution in [0.2, 0.25) is 0 Å². The molecule has 6 nitrogen and oxygen atoms in total. The van der Waals surface area contributed by atoms with Gasteiger partial charge in [-0.05, 0) is 19.4 Å². The number of nitrogens with one attached hydrogen (secondary N) is 1. The van der Waals surface area contributed by atoms with Gasteiger partial charge in [-0.15, -0.1) is 11.8 Å². The second kappa shape index (κ2) is 9.35. The molecule has 8 heteroatoms. The van der Waals surface area contributed by atoms with E-state index in [-0.39, 0.29) is 79.4 Å². The number of carbonyl (C=O) groups excluding carboxylic acids is 3. The molecule has 2 amide bonds. The number of amides is 2. The number of fused-ring (bicyclic) bond motifs is 1. The van der Waals surface area contributed by atoms with Crippen molar-refractivity contribution in [2.45, 2.75) is 36.4 Å². The molecule has 2 atom stereocenters. The molecule has 0 bridgehead atoms. The van der Waals surface area contributed by atoms with Crippen LogP contribution in [0.5, 0.6) is 0 Å². The molecule has 3 rings (SSSR count). The summed E-state index contributed by atoms with van der Waals surface area (Å²) in [5.74, 6) is -0.0333. The molecule has 2 aliphatic heterocycles. The van der Waals surface area contributed by atoms with Crippen LogP contribution in [0.25, 0.3) is 0 Å². The van der Waals surface area contributed by atoms with E-state index in [1.165, 1.54) is 0 Å². The molecule has 1 N–H and O–H groups in total. The molecule has 0 aromatic heterocycles. The van der Waals surface area contributed by atoms with Gasteiger partial charge in [0.2, 0.25) is 11.8 Å². The zero-order valence-corrected chi connectivity index (χ0v) is 18.0. The average molecular weight is 375 g/mol. The van der Waals surface area contributed by atoms with E-state index >= 15 is 0 Å². The van der Waals surface area contributed by atoms with Gasteiger partial charge in [0.1, 0.15) is 11.4 Å². The van der Waals surface area contributed by atoms with Crippen LogP contribution < -0.4 is 61.8 Å². The minimum absolute atomic E-state index is 0. The van der Waals surface area contributed by atoms with Gasteiger partial charge >= 0.3 is 51.4 Å². The maximum Gasteiger partial charge on any atom is 1.00 e. The fourth-order valence-electron chi connectivity index (χ4n) is 2.74. The fourth-order valence-corrected chi connectivity index (χ4v) is 4.23. The first-order valence-electron chi connectivity index (χ1n) is 7.25. The third kappa shape index (κ3) is 5.30. The predicted molar refractivity (Wildman–Crippen MR) is 85.3 cm³/mol.